The number of anilines is 1. The summed E-state index contributed by atoms with van der Waals surface area (Å²) in [5.74, 6) is 0.637. The SMILES string of the molecule is COc1ccccc1-c1cc(NC(=O)C(c2ccccc2)c2ccccc2)n[nH]1. The summed E-state index contributed by atoms with van der Waals surface area (Å²) < 4.78 is 5.41. The van der Waals surface area contributed by atoms with Gasteiger partial charge in [0.1, 0.15) is 5.75 Å². The smallest absolute Gasteiger partial charge is 0.237 e. The molecule has 0 aliphatic carbocycles. The van der Waals surface area contributed by atoms with E-state index in [4.69, 9.17) is 4.74 Å². The van der Waals surface area contributed by atoms with E-state index in [-0.39, 0.29) is 5.91 Å². The van der Waals surface area contributed by atoms with Gasteiger partial charge in [0.25, 0.3) is 0 Å². The Morgan fingerprint density at radius 2 is 1.48 bits per heavy atom. The van der Waals surface area contributed by atoms with Crippen LogP contribution in [0.4, 0.5) is 5.82 Å². The van der Waals surface area contributed by atoms with Gasteiger partial charge in [-0.15, -0.1) is 0 Å². The zero-order valence-corrected chi connectivity index (χ0v) is 16.0. The number of hydrogen-bond donors (Lipinski definition) is 2. The predicted octanol–water partition coefficient (Wildman–Crippen LogP) is 4.86. The molecule has 3 aromatic carbocycles. The summed E-state index contributed by atoms with van der Waals surface area (Å²) in [4.78, 5) is 13.2. The molecule has 1 heterocycles. The first-order valence-electron chi connectivity index (χ1n) is 9.36. The number of carbonyl (C=O) groups excluding carboxylic acids is 1. The monoisotopic (exact) mass is 383 g/mol. The zero-order chi connectivity index (χ0) is 20.1. The minimum atomic E-state index is -0.427. The van der Waals surface area contributed by atoms with Crippen LogP contribution < -0.4 is 10.1 Å². The van der Waals surface area contributed by atoms with Crippen molar-refractivity contribution in [2.24, 2.45) is 0 Å². The Kier molecular flexibility index (Phi) is 5.38. The summed E-state index contributed by atoms with van der Waals surface area (Å²) in [6.07, 6.45) is 0. The highest BCUT2D eigenvalue weighted by Crippen LogP contribution is 2.30. The normalized spacial score (nSPS) is 10.7. The Morgan fingerprint density at radius 3 is 2.10 bits per heavy atom. The number of nitrogens with one attached hydrogen (secondary N) is 2. The molecule has 0 spiro atoms. The molecule has 5 nitrogen and oxygen atoms in total. The number of nitrogens with zero attached hydrogens (tertiary/aromatic N) is 1. The predicted molar refractivity (Wildman–Crippen MR) is 114 cm³/mol. The Morgan fingerprint density at radius 1 is 0.897 bits per heavy atom. The molecule has 0 radical (unpaired) electrons. The topological polar surface area (TPSA) is 67.0 Å². The lowest BCUT2D eigenvalue weighted by molar-refractivity contribution is -0.116. The number of amides is 1. The molecule has 4 aromatic rings. The molecule has 144 valence electrons. The van der Waals surface area contributed by atoms with Crippen molar-refractivity contribution in [3.63, 3.8) is 0 Å². The van der Waals surface area contributed by atoms with Crippen LogP contribution in [0.3, 0.4) is 0 Å². The number of H-pyrrole nitrogens is 1. The number of para-hydroxylation sites is 1. The minimum absolute atomic E-state index is 0.138. The second kappa shape index (κ2) is 8.44. The number of methoxy groups -OCH3 is 1. The number of benzene rings is 3. The Bertz CT molecular complexity index is 1050. The molecule has 2 N–H and O–H groups in total. The van der Waals surface area contributed by atoms with Crippen molar-refractivity contribution in [2.45, 2.75) is 5.92 Å². The summed E-state index contributed by atoms with van der Waals surface area (Å²) >= 11 is 0. The molecule has 0 unspecified atom stereocenters. The largest absolute Gasteiger partial charge is 0.496 e. The van der Waals surface area contributed by atoms with Crippen molar-refractivity contribution in [3.05, 3.63) is 102 Å². The van der Waals surface area contributed by atoms with Crippen LogP contribution in [0.5, 0.6) is 5.75 Å². The fourth-order valence-corrected chi connectivity index (χ4v) is 3.38. The molecule has 0 fully saturated rings. The maximum atomic E-state index is 13.2. The first-order valence-corrected chi connectivity index (χ1v) is 9.36. The van der Waals surface area contributed by atoms with Crippen LogP contribution in [-0.4, -0.2) is 23.2 Å². The molecule has 0 aliphatic rings. The van der Waals surface area contributed by atoms with Crippen LogP contribution in [0.25, 0.3) is 11.3 Å². The molecule has 1 aromatic heterocycles. The van der Waals surface area contributed by atoms with E-state index in [2.05, 4.69) is 15.5 Å². The van der Waals surface area contributed by atoms with Crippen molar-refractivity contribution in [2.75, 3.05) is 12.4 Å². The highest BCUT2D eigenvalue weighted by molar-refractivity contribution is 5.97. The highest BCUT2D eigenvalue weighted by Gasteiger charge is 2.23. The average molecular weight is 383 g/mol. The first kappa shape index (κ1) is 18.5. The van der Waals surface area contributed by atoms with Crippen LogP contribution in [-0.2, 0) is 4.79 Å². The standard InChI is InChI=1S/C24H21N3O2/c1-29-21-15-9-8-14-19(21)20-16-22(27-26-20)25-24(28)23(17-10-4-2-5-11-17)18-12-6-3-7-13-18/h2-16,23H,1H3,(H2,25,26,27,28). The minimum Gasteiger partial charge on any atom is -0.496 e. The van der Waals surface area contributed by atoms with Gasteiger partial charge in [-0.1, -0.05) is 72.8 Å². The maximum absolute atomic E-state index is 13.2. The third-order valence-corrected chi connectivity index (χ3v) is 4.75. The van der Waals surface area contributed by atoms with Gasteiger partial charge in [0, 0.05) is 11.6 Å². The molecule has 5 heteroatoms. The van der Waals surface area contributed by atoms with E-state index in [0.717, 1.165) is 28.1 Å². The van der Waals surface area contributed by atoms with Crippen LogP contribution in [0, 0.1) is 0 Å². The lowest BCUT2D eigenvalue weighted by Gasteiger charge is -2.17. The van der Waals surface area contributed by atoms with Gasteiger partial charge in [-0.3, -0.25) is 9.89 Å². The van der Waals surface area contributed by atoms with E-state index in [1.54, 1.807) is 7.11 Å². The molecule has 0 saturated heterocycles. The number of rotatable bonds is 6. The zero-order valence-electron chi connectivity index (χ0n) is 16.0. The Hall–Kier alpha value is -3.86. The summed E-state index contributed by atoms with van der Waals surface area (Å²) in [5.41, 5.74) is 3.51. The van der Waals surface area contributed by atoms with Crippen molar-refractivity contribution in [1.29, 1.82) is 0 Å². The lowest BCUT2D eigenvalue weighted by atomic mass is 9.90. The second-order valence-corrected chi connectivity index (χ2v) is 6.61. The van der Waals surface area contributed by atoms with E-state index in [0.29, 0.717) is 5.82 Å². The summed E-state index contributed by atoms with van der Waals surface area (Å²) in [6.45, 7) is 0. The van der Waals surface area contributed by atoms with E-state index in [1.165, 1.54) is 0 Å². The molecule has 0 aliphatic heterocycles. The van der Waals surface area contributed by atoms with Crippen LogP contribution in [0.1, 0.15) is 17.0 Å². The highest BCUT2D eigenvalue weighted by atomic mass is 16.5. The number of carbonyl (C=O) groups is 1. The molecular weight excluding hydrogens is 362 g/mol. The second-order valence-electron chi connectivity index (χ2n) is 6.61. The number of hydrogen-bond acceptors (Lipinski definition) is 3. The Balaban J connectivity index is 1.61. The molecule has 4 rings (SSSR count). The fraction of sp³-hybridized carbons (Fsp3) is 0.0833. The molecular formula is C24H21N3O2. The Labute approximate surface area is 169 Å². The third-order valence-electron chi connectivity index (χ3n) is 4.75. The van der Waals surface area contributed by atoms with E-state index in [9.17, 15) is 4.79 Å². The number of aromatic nitrogens is 2. The van der Waals surface area contributed by atoms with Crippen LogP contribution in [0.2, 0.25) is 0 Å². The van der Waals surface area contributed by atoms with Gasteiger partial charge in [0.05, 0.1) is 18.7 Å². The van der Waals surface area contributed by atoms with Crippen molar-refractivity contribution in [1.82, 2.24) is 10.2 Å². The number of aromatic amines is 1. The first-order chi connectivity index (χ1) is 14.3. The molecule has 1 amide bonds. The van der Waals surface area contributed by atoms with Gasteiger partial charge in [-0.25, -0.2) is 0 Å². The van der Waals surface area contributed by atoms with Crippen molar-refractivity contribution < 1.29 is 9.53 Å². The molecule has 0 bridgehead atoms. The quantitative estimate of drug-likeness (QED) is 0.500. The van der Waals surface area contributed by atoms with Crippen LogP contribution in [0.15, 0.2) is 91.0 Å². The summed E-state index contributed by atoms with van der Waals surface area (Å²) in [5, 5.41) is 10.2. The third kappa shape index (κ3) is 4.04. The molecule has 29 heavy (non-hydrogen) atoms. The van der Waals surface area contributed by atoms with Crippen molar-refractivity contribution >= 4 is 11.7 Å². The van der Waals surface area contributed by atoms with Gasteiger partial charge in [-0.2, -0.15) is 5.10 Å². The summed E-state index contributed by atoms with van der Waals surface area (Å²) in [6, 6.07) is 28.9. The van der Waals surface area contributed by atoms with Gasteiger partial charge < -0.3 is 10.1 Å². The van der Waals surface area contributed by atoms with Gasteiger partial charge in [0.2, 0.25) is 5.91 Å². The fourth-order valence-electron chi connectivity index (χ4n) is 3.38. The lowest BCUT2D eigenvalue weighted by Crippen LogP contribution is -2.22. The molecule has 0 saturated carbocycles. The molecule has 0 atom stereocenters. The van der Waals surface area contributed by atoms with E-state index in [1.807, 2.05) is 91.0 Å². The van der Waals surface area contributed by atoms with E-state index >= 15 is 0 Å². The van der Waals surface area contributed by atoms with E-state index < -0.39 is 5.92 Å². The average Bonchev–Trinajstić information content (AvgIpc) is 3.23. The van der Waals surface area contributed by atoms with Crippen molar-refractivity contribution in [3.8, 4) is 17.0 Å². The number of ether oxygens (including phenoxy) is 1. The van der Waals surface area contributed by atoms with Gasteiger partial charge in [0.15, 0.2) is 5.82 Å². The summed E-state index contributed by atoms with van der Waals surface area (Å²) in [7, 11) is 1.63. The van der Waals surface area contributed by atoms with Gasteiger partial charge >= 0.3 is 0 Å². The van der Waals surface area contributed by atoms with Gasteiger partial charge in [-0.05, 0) is 23.3 Å². The van der Waals surface area contributed by atoms with Crippen LogP contribution >= 0.6 is 0 Å². The maximum Gasteiger partial charge on any atom is 0.237 e.